The van der Waals surface area contributed by atoms with E-state index in [-0.39, 0.29) is 18.6 Å². The van der Waals surface area contributed by atoms with E-state index in [9.17, 15) is 14.4 Å². The fourth-order valence-electron chi connectivity index (χ4n) is 3.32. The van der Waals surface area contributed by atoms with Gasteiger partial charge in [-0.05, 0) is 44.5 Å². The van der Waals surface area contributed by atoms with Gasteiger partial charge in [-0.15, -0.1) is 0 Å². The third-order valence-corrected chi connectivity index (χ3v) is 5.25. The monoisotopic (exact) mass is 472 g/mol. The van der Waals surface area contributed by atoms with Crippen molar-refractivity contribution in [1.29, 1.82) is 0 Å². The van der Waals surface area contributed by atoms with E-state index in [1.165, 1.54) is 11.5 Å². The molecule has 2 N–H and O–H groups in total. The molecule has 1 aromatic heterocycles. The minimum atomic E-state index is -1.11. The Morgan fingerprint density at radius 2 is 1.91 bits per heavy atom. The molecule has 1 atom stereocenters. The number of aromatic nitrogens is 3. The van der Waals surface area contributed by atoms with Crippen LogP contribution in [0.1, 0.15) is 37.4 Å². The quantitative estimate of drug-likeness (QED) is 0.522. The molecule has 3 rings (SSSR count). The number of hydrogen-bond donors (Lipinski definition) is 2. The number of carboxylic acid groups (broad SMARTS) is 1. The summed E-state index contributed by atoms with van der Waals surface area (Å²) < 4.78 is 7.62. The Bertz CT molecular complexity index is 1340. The van der Waals surface area contributed by atoms with Crippen molar-refractivity contribution in [2.24, 2.45) is 4.99 Å². The van der Waals surface area contributed by atoms with Crippen LogP contribution < -0.4 is 21.7 Å². The van der Waals surface area contributed by atoms with Gasteiger partial charge >= 0.3 is 17.3 Å². The van der Waals surface area contributed by atoms with E-state index in [1.807, 2.05) is 38.1 Å². The third-order valence-electron chi connectivity index (χ3n) is 4.95. The number of halogens is 1. The normalized spacial score (nSPS) is 12.5. The lowest BCUT2D eigenvalue weighted by molar-refractivity contribution is -0.137. The van der Waals surface area contributed by atoms with E-state index in [1.54, 1.807) is 18.2 Å². The standard InChI is InChI=1S/C23H25ClN4O5/c1-4-33-19-10-9-17(12-18(19)24)25-21-26-22(31)28(15(3)11-20(29)30)23(32)27(21)13-16-7-5-14(2)6-8-16/h5-10,12,15H,4,11,13H2,1-3H3,(H,29,30)(H,25,26,31)/t15-/m1/s1. The molecule has 2 aromatic carbocycles. The maximum atomic E-state index is 13.3. The number of carbonyl (C=O) groups is 1. The molecule has 0 aliphatic heterocycles. The van der Waals surface area contributed by atoms with Crippen LogP contribution in [0.3, 0.4) is 0 Å². The second-order valence-corrected chi connectivity index (χ2v) is 7.99. The van der Waals surface area contributed by atoms with Crippen LogP contribution in [0.25, 0.3) is 0 Å². The molecule has 0 fully saturated rings. The van der Waals surface area contributed by atoms with Gasteiger partial charge in [0.1, 0.15) is 5.75 Å². The number of benzene rings is 2. The lowest BCUT2D eigenvalue weighted by atomic mass is 10.1. The van der Waals surface area contributed by atoms with Crippen LogP contribution >= 0.6 is 11.6 Å². The number of nitrogens with one attached hydrogen (secondary N) is 1. The molecule has 0 radical (unpaired) electrons. The maximum Gasteiger partial charge on any atom is 0.335 e. The Balaban J connectivity index is 2.19. The highest BCUT2D eigenvalue weighted by atomic mass is 35.5. The van der Waals surface area contributed by atoms with Gasteiger partial charge in [-0.3, -0.25) is 14.3 Å². The average Bonchev–Trinajstić information content (AvgIpc) is 2.73. The number of ether oxygens (including phenoxy) is 1. The van der Waals surface area contributed by atoms with E-state index >= 15 is 0 Å². The lowest BCUT2D eigenvalue weighted by Gasteiger charge is -2.15. The highest BCUT2D eigenvalue weighted by Crippen LogP contribution is 2.28. The molecule has 0 unspecified atom stereocenters. The summed E-state index contributed by atoms with van der Waals surface area (Å²) in [4.78, 5) is 44.2. The summed E-state index contributed by atoms with van der Waals surface area (Å²) in [6.45, 7) is 5.87. The summed E-state index contributed by atoms with van der Waals surface area (Å²) in [7, 11) is 0. The van der Waals surface area contributed by atoms with Gasteiger partial charge in [0.25, 0.3) is 0 Å². The zero-order valence-corrected chi connectivity index (χ0v) is 19.3. The second-order valence-electron chi connectivity index (χ2n) is 7.58. The first-order valence-electron chi connectivity index (χ1n) is 10.4. The van der Waals surface area contributed by atoms with Gasteiger partial charge < -0.3 is 9.84 Å². The van der Waals surface area contributed by atoms with Gasteiger partial charge in [0.15, 0.2) is 0 Å². The largest absolute Gasteiger partial charge is 0.492 e. The van der Waals surface area contributed by atoms with Crippen molar-refractivity contribution in [2.45, 2.75) is 39.8 Å². The van der Waals surface area contributed by atoms with Crippen molar-refractivity contribution < 1.29 is 14.6 Å². The molecule has 0 saturated carbocycles. The first kappa shape index (κ1) is 24.1. The van der Waals surface area contributed by atoms with Gasteiger partial charge in [-0.1, -0.05) is 41.4 Å². The Labute approximate surface area is 194 Å². The first-order valence-corrected chi connectivity index (χ1v) is 10.8. The summed E-state index contributed by atoms with van der Waals surface area (Å²) >= 11 is 6.25. The van der Waals surface area contributed by atoms with Crippen LogP contribution in [0.5, 0.6) is 5.75 Å². The molecule has 1 heterocycles. The van der Waals surface area contributed by atoms with Crippen LogP contribution in [0.2, 0.25) is 5.02 Å². The van der Waals surface area contributed by atoms with E-state index in [2.05, 4.69) is 9.98 Å². The van der Waals surface area contributed by atoms with Crippen molar-refractivity contribution in [2.75, 3.05) is 6.61 Å². The van der Waals surface area contributed by atoms with Gasteiger partial charge in [-0.2, -0.15) is 0 Å². The molecule has 0 aliphatic rings. The van der Waals surface area contributed by atoms with Gasteiger partial charge in [-0.25, -0.2) is 19.1 Å². The van der Waals surface area contributed by atoms with E-state index in [0.717, 1.165) is 15.7 Å². The fraction of sp³-hybridized carbons (Fsp3) is 0.304. The van der Waals surface area contributed by atoms with Crippen molar-refractivity contribution in [3.63, 3.8) is 0 Å². The topological polar surface area (TPSA) is 119 Å². The minimum absolute atomic E-state index is 0.0181. The molecule has 0 bridgehead atoms. The van der Waals surface area contributed by atoms with E-state index in [4.69, 9.17) is 21.4 Å². The highest BCUT2D eigenvalue weighted by molar-refractivity contribution is 6.32. The Hall–Kier alpha value is -3.59. The van der Waals surface area contributed by atoms with Crippen molar-refractivity contribution in [3.05, 3.63) is 85.2 Å². The first-order chi connectivity index (χ1) is 15.7. The van der Waals surface area contributed by atoms with E-state index < -0.39 is 23.4 Å². The number of rotatable bonds is 8. The number of aliphatic carboxylic acids is 1. The SMILES string of the molecule is CCOc1ccc(/N=c2\[nH]c(=O)n([C@H](C)CC(=O)O)c(=O)n2Cc2ccc(C)cc2)cc1Cl. The van der Waals surface area contributed by atoms with Gasteiger partial charge in [0.05, 0.1) is 36.3 Å². The molecule has 0 amide bonds. The third kappa shape index (κ3) is 5.81. The highest BCUT2D eigenvalue weighted by Gasteiger charge is 2.17. The summed E-state index contributed by atoms with van der Waals surface area (Å²) in [5.41, 5.74) is 0.894. The zero-order chi connectivity index (χ0) is 24.1. The van der Waals surface area contributed by atoms with Crippen molar-refractivity contribution in [1.82, 2.24) is 14.1 Å². The van der Waals surface area contributed by atoms with Gasteiger partial charge in [0.2, 0.25) is 5.62 Å². The molecule has 3 aromatic rings. The Morgan fingerprint density at radius 3 is 2.52 bits per heavy atom. The zero-order valence-electron chi connectivity index (χ0n) is 18.5. The number of H-pyrrole nitrogens is 1. The fourth-order valence-corrected chi connectivity index (χ4v) is 3.55. The summed E-state index contributed by atoms with van der Waals surface area (Å²) in [6, 6.07) is 11.6. The number of aromatic amines is 1. The van der Waals surface area contributed by atoms with Crippen LogP contribution in [-0.4, -0.2) is 31.8 Å². The molecular formula is C23H25ClN4O5. The molecule has 174 valence electrons. The second kappa shape index (κ2) is 10.4. The predicted molar refractivity (Wildman–Crippen MR) is 124 cm³/mol. The van der Waals surface area contributed by atoms with Crippen LogP contribution in [0, 0.1) is 6.92 Å². The predicted octanol–water partition coefficient (Wildman–Crippen LogP) is 3.02. The summed E-state index contributed by atoms with van der Waals surface area (Å²) in [5, 5.41) is 9.46. The van der Waals surface area contributed by atoms with Crippen molar-refractivity contribution in [3.8, 4) is 5.75 Å². The lowest BCUT2D eigenvalue weighted by Crippen LogP contribution is -2.51. The molecule has 10 heteroatoms. The van der Waals surface area contributed by atoms with Gasteiger partial charge in [0, 0.05) is 0 Å². The number of aryl methyl sites for hydroxylation is 1. The number of nitrogens with zero attached hydrogens (tertiary/aromatic N) is 3. The minimum Gasteiger partial charge on any atom is -0.492 e. The van der Waals surface area contributed by atoms with Crippen LogP contribution in [0.4, 0.5) is 5.69 Å². The van der Waals surface area contributed by atoms with Crippen LogP contribution in [0.15, 0.2) is 57.0 Å². The number of carboxylic acids is 1. The molecule has 33 heavy (non-hydrogen) atoms. The average molecular weight is 473 g/mol. The molecule has 9 nitrogen and oxygen atoms in total. The Kier molecular flexibility index (Phi) is 7.55. The van der Waals surface area contributed by atoms with Crippen molar-refractivity contribution >= 4 is 23.3 Å². The molecule has 0 aliphatic carbocycles. The number of hydrogen-bond acceptors (Lipinski definition) is 5. The Morgan fingerprint density at radius 1 is 1.21 bits per heavy atom. The molecule has 0 spiro atoms. The van der Waals surface area contributed by atoms with Crippen LogP contribution in [-0.2, 0) is 11.3 Å². The summed E-state index contributed by atoms with van der Waals surface area (Å²) in [6.07, 6.45) is -0.376. The molecular weight excluding hydrogens is 448 g/mol. The molecule has 0 saturated heterocycles. The smallest absolute Gasteiger partial charge is 0.335 e. The maximum absolute atomic E-state index is 13.3. The van der Waals surface area contributed by atoms with E-state index in [0.29, 0.717) is 23.1 Å². The summed E-state index contributed by atoms with van der Waals surface area (Å²) in [5.74, 6) is -0.617.